The number of halogens is 1. The zero-order valence-electron chi connectivity index (χ0n) is 17.6. The lowest BCUT2D eigenvalue weighted by Crippen LogP contribution is -2.34. The van der Waals surface area contributed by atoms with Crippen molar-refractivity contribution in [3.8, 4) is 0 Å². The predicted molar refractivity (Wildman–Crippen MR) is 125 cm³/mol. The monoisotopic (exact) mass is 437 g/mol. The van der Waals surface area contributed by atoms with E-state index in [4.69, 9.17) is 0 Å². The van der Waals surface area contributed by atoms with Crippen LogP contribution in [-0.4, -0.2) is 34.8 Å². The fourth-order valence-electron chi connectivity index (χ4n) is 4.45. The minimum Gasteiger partial charge on any atom is -0.478 e. The molecule has 5 heteroatoms. The quantitative estimate of drug-likeness (QED) is 0.557. The van der Waals surface area contributed by atoms with E-state index >= 15 is 0 Å². The Bertz CT molecular complexity index is 983. The van der Waals surface area contributed by atoms with E-state index < -0.39 is 5.97 Å². The fraction of sp³-hybridized carbons (Fsp3) is 0.346. The molecule has 1 unspecified atom stereocenters. The molecule has 162 valence electrons. The first kappa shape index (κ1) is 21.7. The molecule has 0 fully saturated rings. The van der Waals surface area contributed by atoms with E-state index in [1.165, 1.54) is 23.3 Å². The lowest BCUT2D eigenvalue weighted by atomic mass is 9.83. The summed E-state index contributed by atoms with van der Waals surface area (Å²) >= 11 is 1.64. The third-order valence-corrected chi connectivity index (χ3v) is 7.29. The van der Waals surface area contributed by atoms with E-state index in [0.29, 0.717) is 11.5 Å². The highest BCUT2D eigenvalue weighted by Gasteiger charge is 2.26. The first-order chi connectivity index (χ1) is 15.1. The molecular formula is C26H28FNO2S. The number of carbonyl (C=O) groups is 1. The molecule has 1 aliphatic carbocycles. The standard InChI is InChI=1S/C26H28FNO2S/c27-23-13-10-19(11-14-23)5-4-16-31-25-24(26(29)30)8-3-15-28(25)18-20-9-12-21-6-1-2-7-22(21)17-20/h1-3,6-8,10-11,13-14,20H,4-5,9,12,15-18H2,(H,29,30). The molecule has 0 saturated carbocycles. The van der Waals surface area contributed by atoms with Crippen LogP contribution in [0.3, 0.4) is 0 Å². The molecule has 31 heavy (non-hydrogen) atoms. The van der Waals surface area contributed by atoms with Crippen molar-refractivity contribution in [3.05, 3.63) is 93.8 Å². The summed E-state index contributed by atoms with van der Waals surface area (Å²) in [5.74, 6) is 0.285. The maximum atomic E-state index is 13.1. The van der Waals surface area contributed by atoms with Crippen molar-refractivity contribution in [2.75, 3.05) is 18.8 Å². The second-order valence-corrected chi connectivity index (χ2v) is 9.37. The number of nitrogens with zero attached hydrogens (tertiary/aromatic N) is 1. The highest BCUT2D eigenvalue weighted by molar-refractivity contribution is 8.03. The molecule has 0 radical (unpaired) electrons. The molecular weight excluding hydrogens is 409 g/mol. The van der Waals surface area contributed by atoms with Crippen LogP contribution in [0.4, 0.5) is 4.39 Å². The molecule has 0 spiro atoms. The Morgan fingerprint density at radius 1 is 1.13 bits per heavy atom. The summed E-state index contributed by atoms with van der Waals surface area (Å²) < 4.78 is 13.1. The number of carboxylic acids is 1. The summed E-state index contributed by atoms with van der Waals surface area (Å²) in [5, 5.41) is 10.6. The van der Waals surface area contributed by atoms with Gasteiger partial charge in [-0.2, -0.15) is 0 Å². The lowest BCUT2D eigenvalue weighted by molar-refractivity contribution is -0.132. The van der Waals surface area contributed by atoms with Crippen LogP contribution in [-0.2, 0) is 24.1 Å². The average Bonchev–Trinajstić information content (AvgIpc) is 2.78. The van der Waals surface area contributed by atoms with E-state index in [-0.39, 0.29) is 5.82 Å². The molecule has 0 aromatic heterocycles. The average molecular weight is 438 g/mol. The van der Waals surface area contributed by atoms with Gasteiger partial charge in [-0.05, 0) is 78.7 Å². The number of benzene rings is 2. The molecule has 0 saturated heterocycles. The van der Waals surface area contributed by atoms with E-state index in [1.54, 1.807) is 17.8 Å². The topological polar surface area (TPSA) is 40.5 Å². The molecule has 1 heterocycles. The van der Waals surface area contributed by atoms with Gasteiger partial charge in [0.2, 0.25) is 0 Å². The number of thioether (sulfide) groups is 1. The predicted octanol–water partition coefficient (Wildman–Crippen LogP) is 5.46. The van der Waals surface area contributed by atoms with E-state index in [0.717, 1.165) is 61.5 Å². The third kappa shape index (κ3) is 5.59. The summed E-state index contributed by atoms with van der Waals surface area (Å²) in [7, 11) is 0. The summed E-state index contributed by atoms with van der Waals surface area (Å²) in [6.07, 6.45) is 8.78. The molecule has 1 N–H and O–H groups in total. The van der Waals surface area contributed by atoms with E-state index in [1.807, 2.05) is 18.2 Å². The zero-order chi connectivity index (χ0) is 21.6. The second-order valence-electron chi connectivity index (χ2n) is 8.29. The van der Waals surface area contributed by atoms with E-state index in [2.05, 4.69) is 29.2 Å². The number of hydrogen-bond donors (Lipinski definition) is 1. The number of aryl methyl sites for hydroxylation is 2. The highest BCUT2D eigenvalue weighted by atomic mass is 32.2. The molecule has 4 rings (SSSR count). The molecule has 1 atom stereocenters. The maximum absolute atomic E-state index is 13.1. The Morgan fingerprint density at radius 3 is 2.68 bits per heavy atom. The van der Waals surface area contributed by atoms with Crippen LogP contribution in [0.15, 0.2) is 71.3 Å². The lowest BCUT2D eigenvalue weighted by Gasteiger charge is -2.34. The minimum atomic E-state index is -0.865. The van der Waals surface area contributed by atoms with Crippen LogP contribution in [0.5, 0.6) is 0 Å². The van der Waals surface area contributed by atoms with Gasteiger partial charge in [0.25, 0.3) is 0 Å². The van der Waals surface area contributed by atoms with Crippen molar-refractivity contribution in [3.63, 3.8) is 0 Å². The van der Waals surface area contributed by atoms with Crippen LogP contribution in [0.25, 0.3) is 0 Å². The van der Waals surface area contributed by atoms with Crippen LogP contribution >= 0.6 is 11.8 Å². The number of rotatable bonds is 8. The molecule has 2 aromatic carbocycles. The largest absolute Gasteiger partial charge is 0.478 e. The van der Waals surface area contributed by atoms with Gasteiger partial charge in [0.15, 0.2) is 0 Å². The van der Waals surface area contributed by atoms with E-state index in [9.17, 15) is 14.3 Å². The molecule has 1 aliphatic heterocycles. The zero-order valence-corrected chi connectivity index (χ0v) is 18.4. The fourth-order valence-corrected chi connectivity index (χ4v) is 5.57. The van der Waals surface area contributed by atoms with Gasteiger partial charge in [-0.25, -0.2) is 9.18 Å². The van der Waals surface area contributed by atoms with Gasteiger partial charge in [0.1, 0.15) is 5.82 Å². The smallest absolute Gasteiger partial charge is 0.338 e. The molecule has 0 amide bonds. The molecule has 0 bridgehead atoms. The van der Waals surface area contributed by atoms with Crippen molar-refractivity contribution < 1.29 is 14.3 Å². The van der Waals surface area contributed by atoms with Crippen molar-refractivity contribution in [1.82, 2.24) is 4.90 Å². The van der Waals surface area contributed by atoms with Gasteiger partial charge in [-0.15, -0.1) is 11.8 Å². The minimum absolute atomic E-state index is 0.218. The van der Waals surface area contributed by atoms with Gasteiger partial charge < -0.3 is 10.0 Å². The molecule has 2 aromatic rings. The maximum Gasteiger partial charge on any atom is 0.338 e. The van der Waals surface area contributed by atoms with Crippen molar-refractivity contribution >= 4 is 17.7 Å². The van der Waals surface area contributed by atoms with Crippen LogP contribution in [0.1, 0.15) is 29.5 Å². The SMILES string of the molecule is O=C(O)C1=C(SCCCc2ccc(F)cc2)N(CC2CCc3ccccc3C2)CC=C1. The van der Waals surface area contributed by atoms with Gasteiger partial charge in [0.05, 0.1) is 10.6 Å². The summed E-state index contributed by atoms with van der Waals surface area (Å²) in [5.41, 5.74) is 4.39. The normalized spacial score (nSPS) is 18.2. The first-order valence-electron chi connectivity index (χ1n) is 10.9. The summed E-state index contributed by atoms with van der Waals surface area (Å²) in [6, 6.07) is 15.3. The number of aliphatic carboxylic acids is 1. The van der Waals surface area contributed by atoms with Crippen molar-refractivity contribution in [1.29, 1.82) is 0 Å². The number of hydrogen-bond acceptors (Lipinski definition) is 3. The van der Waals surface area contributed by atoms with Crippen molar-refractivity contribution in [2.24, 2.45) is 5.92 Å². The van der Waals surface area contributed by atoms with Gasteiger partial charge in [-0.1, -0.05) is 42.5 Å². The second kappa shape index (κ2) is 10.2. The molecule has 3 nitrogen and oxygen atoms in total. The summed E-state index contributed by atoms with van der Waals surface area (Å²) in [6.45, 7) is 1.64. The van der Waals surface area contributed by atoms with Gasteiger partial charge >= 0.3 is 5.97 Å². The first-order valence-corrected chi connectivity index (χ1v) is 11.9. The Labute approximate surface area is 187 Å². The van der Waals surface area contributed by atoms with Crippen LogP contribution < -0.4 is 0 Å². The van der Waals surface area contributed by atoms with Gasteiger partial charge in [0, 0.05) is 13.1 Å². The summed E-state index contributed by atoms with van der Waals surface area (Å²) in [4.78, 5) is 14.1. The Balaban J connectivity index is 1.39. The Morgan fingerprint density at radius 2 is 1.90 bits per heavy atom. The van der Waals surface area contributed by atoms with Crippen LogP contribution in [0.2, 0.25) is 0 Å². The van der Waals surface area contributed by atoms with Crippen molar-refractivity contribution in [2.45, 2.75) is 32.1 Å². The van der Waals surface area contributed by atoms with Gasteiger partial charge in [-0.3, -0.25) is 0 Å². The molecule has 2 aliphatic rings. The van der Waals surface area contributed by atoms with Crippen LogP contribution in [0, 0.1) is 11.7 Å². The third-order valence-electron chi connectivity index (χ3n) is 6.05. The number of fused-ring (bicyclic) bond motifs is 1. The Kier molecular flexibility index (Phi) is 7.13. The number of carboxylic acid groups (broad SMARTS) is 1. The highest BCUT2D eigenvalue weighted by Crippen LogP contribution is 2.33. The Hall–Kier alpha value is -2.53.